The fraction of sp³-hybridized carbons (Fsp3) is 0.524. The molecule has 1 amide bonds. The number of nitrogens with zero attached hydrogens (tertiary/aromatic N) is 4. The third-order valence-corrected chi connectivity index (χ3v) is 5.55. The van der Waals surface area contributed by atoms with Crippen LogP contribution in [0.1, 0.15) is 30.1 Å². The molecule has 2 aliphatic rings. The Morgan fingerprint density at radius 1 is 1.15 bits per heavy atom. The maximum atomic E-state index is 12.8. The van der Waals surface area contributed by atoms with Crippen LogP contribution in [-0.4, -0.2) is 71.2 Å². The van der Waals surface area contributed by atoms with E-state index in [1.54, 1.807) is 0 Å². The van der Waals surface area contributed by atoms with E-state index < -0.39 is 0 Å². The Hall–Kier alpha value is -2.18. The van der Waals surface area contributed by atoms with E-state index >= 15 is 0 Å². The first kappa shape index (κ1) is 18.2. The predicted molar refractivity (Wildman–Crippen MR) is 104 cm³/mol. The van der Waals surface area contributed by atoms with Gasteiger partial charge in [0.15, 0.2) is 0 Å². The van der Waals surface area contributed by atoms with E-state index in [9.17, 15) is 4.79 Å². The molecule has 2 saturated heterocycles. The molecule has 2 aromatic rings. The molecule has 6 nitrogen and oxygen atoms in total. The molecule has 0 aliphatic carbocycles. The van der Waals surface area contributed by atoms with Crippen molar-refractivity contribution in [3.05, 3.63) is 54.1 Å². The summed E-state index contributed by atoms with van der Waals surface area (Å²) in [7, 11) is 0. The molecule has 1 aromatic heterocycles. The lowest BCUT2D eigenvalue weighted by atomic mass is 9.97. The highest BCUT2D eigenvalue weighted by atomic mass is 16.5. The summed E-state index contributed by atoms with van der Waals surface area (Å²) in [4.78, 5) is 21.7. The summed E-state index contributed by atoms with van der Waals surface area (Å²) in [5.41, 5.74) is 1.27. The number of likely N-dealkylation sites (tertiary alicyclic amines) is 1. The first-order valence-electron chi connectivity index (χ1n) is 9.92. The Morgan fingerprint density at radius 3 is 2.78 bits per heavy atom. The van der Waals surface area contributed by atoms with Crippen LogP contribution in [0.3, 0.4) is 0 Å². The van der Waals surface area contributed by atoms with E-state index in [1.165, 1.54) is 5.56 Å². The van der Waals surface area contributed by atoms with Gasteiger partial charge in [-0.15, -0.1) is 0 Å². The van der Waals surface area contributed by atoms with Gasteiger partial charge in [-0.2, -0.15) is 0 Å². The predicted octanol–water partition coefficient (Wildman–Crippen LogP) is 1.97. The van der Waals surface area contributed by atoms with Gasteiger partial charge in [0.05, 0.1) is 19.8 Å². The molecule has 0 spiro atoms. The molecule has 6 heteroatoms. The highest BCUT2D eigenvalue weighted by molar-refractivity contribution is 5.78. The Balaban J connectivity index is 1.39. The number of hydrogen-bond acceptors (Lipinski definition) is 4. The molecular weight excluding hydrogens is 340 g/mol. The first-order chi connectivity index (χ1) is 13.3. The van der Waals surface area contributed by atoms with E-state index in [1.807, 2.05) is 17.2 Å². The zero-order valence-electron chi connectivity index (χ0n) is 15.8. The summed E-state index contributed by atoms with van der Waals surface area (Å²) in [6.45, 7) is 6.13. The zero-order valence-corrected chi connectivity index (χ0v) is 15.8. The van der Waals surface area contributed by atoms with Crippen molar-refractivity contribution in [1.82, 2.24) is 19.4 Å². The van der Waals surface area contributed by atoms with E-state index in [-0.39, 0.29) is 5.91 Å². The second kappa shape index (κ2) is 8.67. The molecule has 27 heavy (non-hydrogen) atoms. The number of rotatable bonds is 5. The third kappa shape index (κ3) is 4.57. The topological polar surface area (TPSA) is 50.6 Å². The van der Waals surface area contributed by atoms with Crippen molar-refractivity contribution in [1.29, 1.82) is 0 Å². The lowest BCUT2D eigenvalue weighted by molar-refractivity contribution is -0.134. The molecule has 1 atom stereocenters. The van der Waals surface area contributed by atoms with Crippen molar-refractivity contribution < 1.29 is 9.53 Å². The van der Waals surface area contributed by atoms with Gasteiger partial charge >= 0.3 is 0 Å². The fourth-order valence-electron chi connectivity index (χ4n) is 4.06. The Bertz CT molecular complexity index is 740. The minimum Gasteiger partial charge on any atom is -0.379 e. The minimum atomic E-state index is 0.239. The quantitative estimate of drug-likeness (QED) is 0.810. The van der Waals surface area contributed by atoms with Crippen LogP contribution in [0.25, 0.3) is 0 Å². The normalized spacial score (nSPS) is 21.3. The highest BCUT2D eigenvalue weighted by Crippen LogP contribution is 2.26. The van der Waals surface area contributed by atoms with Gasteiger partial charge in [-0.3, -0.25) is 9.69 Å². The average molecular weight is 368 g/mol. The molecule has 0 N–H and O–H groups in total. The number of imidazole rings is 1. The summed E-state index contributed by atoms with van der Waals surface area (Å²) in [5, 5.41) is 0. The maximum Gasteiger partial charge on any atom is 0.236 e. The van der Waals surface area contributed by atoms with Crippen molar-refractivity contribution >= 4 is 5.91 Å². The number of carbonyl (C=O) groups excluding carboxylic acids is 1. The highest BCUT2D eigenvalue weighted by Gasteiger charge is 2.28. The van der Waals surface area contributed by atoms with Gasteiger partial charge in [0, 0.05) is 51.0 Å². The summed E-state index contributed by atoms with van der Waals surface area (Å²) in [6, 6.07) is 10.5. The summed E-state index contributed by atoms with van der Waals surface area (Å²) >= 11 is 0. The van der Waals surface area contributed by atoms with Crippen LogP contribution in [-0.2, 0) is 16.1 Å². The van der Waals surface area contributed by atoms with Gasteiger partial charge in [0.2, 0.25) is 5.91 Å². The number of carbonyl (C=O) groups is 1. The van der Waals surface area contributed by atoms with Crippen LogP contribution in [0, 0.1) is 0 Å². The number of amides is 1. The van der Waals surface area contributed by atoms with Crippen LogP contribution in [0.15, 0.2) is 42.7 Å². The maximum absolute atomic E-state index is 12.8. The number of piperidine rings is 1. The van der Waals surface area contributed by atoms with Crippen molar-refractivity contribution in [3.63, 3.8) is 0 Å². The molecule has 0 saturated carbocycles. The van der Waals surface area contributed by atoms with Gasteiger partial charge in [-0.05, 0) is 18.4 Å². The second-order valence-electron chi connectivity index (χ2n) is 7.47. The summed E-state index contributed by atoms with van der Waals surface area (Å²) in [6.07, 6.45) is 6.06. The second-order valence-corrected chi connectivity index (χ2v) is 7.47. The molecular formula is C21H28N4O2. The van der Waals surface area contributed by atoms with Crippen LogP contribution in [0.2, 0.25) is 0 Å². The molecule has 4 rings (SSSR count). The smallest absolute Gasteiger partial charge is 0.236 e. The van der Waals surface area contributed by atoms with Crippen molar-refractivity contribution in [3.8, 4) is 0 Å². The third-order valence-electron chi connectivity index (χ3n) is 5.55. The van der Waals surface area contributed by atoms with Gasteiger partial charge in [-0.1, -0.05) is 30.3 Å². The van der Waals surface area contributed by atoms with Crippen LogP contribution in [0.4, 0.5) is 0 Å². The zero-order chi connectivity index (χ0) is 18.5. The average Bonchev–Trinajstić information content (AvgIpc) is 3.18. The van der Waals surface area contributed by atoms with E-state index in [0.717, 1.165) is 64.6 Å². The molecule has 144 valence electrons. The van der Waals surface area contributed by atoms with E-state index in [4.69, 9.17) is 4.74 Å². The molecule has 0 radical (unpaired) electrons. The van der Waals surface area contributed by atoms with Crippen molar-refractivity contribution in [2.45, 2.75) is 25.3 Å². The Morgan fingerprint density at radius 2 is 1.96 bits per heavy atom. The molecule has 0 bridgehead atoms. The van der Waals surface area contributed by atoms with Crippen molar-refractivity contribution in [2.75, 3.05) is 45.9 Å². The number of ether oxygens (including phenoxy) is 1. The number of benzene rings is 1. The van der Waals surface area contributed by atoms with E-state index in [2.05, 4.69) is 44.9 Å². The van der Waals surface area contributed by atoms with Crippen LogP contribution in [0.5, 0.6) is 0 Å². The molecule has 2 fully saturated rings. The van der Waals surface area contributed by atoms with Gasteiger partial charge in [0.25, 0.3) is 0 Å². The van der Waals surface area contributed by atoms with Gasteiger partial charge in [-0.25, -0.2) is 4.98 Å². The summed E-state index contributed by atoms with van der Waals surface area (Å²) in [5.74, 6) is 1.65. The molecule has 3 heterocycles. The van der Waals surface area contributed by atoms with Crippen LogP contribution < -0.4 is 0 Å². The molecule has 1 unspecified atom stereocenters. The largest absolute Gasteiger partial charge is 0.379 e. The fourth-order valence-corrected chi connectivity index (χ4v) is 4.06. The van der Waals surface area contributed by atoms with Gasteiger partial charge < -0.3 is 14.2 Å². The number of hydrogen-bond donors (Lipinski definition) is 0. The molecule has 1 aromatic carbocycles. The van der Waals surface area contributed by atoms with Crippen LogP contribution >= 0.6 is 0 Å². The molecule has 2 aliphatic heterocycles. The Kier molecular flexibility index (Phi) is 5.84. The Labute approximate surface area is 160 Å². The minimum absolute atomic E-state index is 0.239. The SMILES string of the molecule is O=C(CN1CCOCC1)N1CCCC(c2nccn2Cc2ccccc2)C1. The number of aromatic nitrogens is 2. The number of morpholine rings is 1. The standard InChI is InChI=1S/C21H28N4O2/c26-20(17-23-11-13-27-14-12-23)24-9-4-7-19(16-24)21-22-8-10-25(21)15-18-5-2-1-3-6-18/h1-3,5-6,8,10,19H,4,7,9,11-17H2. The lowest BCUT2D eigenvalue weighted by Crippen LogP contribution is -2.47. The van der Waals surface area contributed by atoms with E-state index in [0.29, 0.717) is 12.5 Å². The lowest BCUT2D eigenvalue weighted by Gasteiger charge is -2.35. The van der Waals surface area contributed by atoms with Crippen molar-refractivity contribution in [2.24, 2.45) is 0 Å². The van der Waals surface area contributed by atoms with Gasteiger partial charge in [0.1, 0.15) is 5.82 Å². The first-order valence-corrected chi connectivity index (χ1v) is 9.92. The monoisotopic (exact) mass is 368 g/mol. The summed E-state index contributed by atoms with van der Waals surface area (Å²) < 4.78 is 7.61.